The highest BCUT2D eigenvalue weighted by atomic mass is 16.3. The molecular formula is C16H15N3O2. The van der Waals surface area contributed by atoms with Gasteiger partial charge in [0.2, 0.25) is 0 Å². The summed E-state index contributed by atoms with van der Waals surface area (Å²) in [5.41, 5.74) is 2.03. The van der Waals surface area contributed by atoms with Gasteiger partial charge in [-0.1, -0.05) is 24.3 Å². The average molecular weight is 281 g/mol. The number of hydrogen-bond acceptors (Lipinski definition) is 3. The summed E-state index contributed by atoms with van der Waals surface area (Å²) in [5.74, 6) is 0.313. The van der Waals surface area contributed by atoms with E-state index in [2.05, 4.69) is 15.3 Å². The van der Waals surface area contributed by atoms with E-state index in [9.17, 15) is 9.90 Å². The summed E-state index contributed by atoms with van der Waals surface area (Å²) in [4.78, 5) is 19.8. The second-order valence-electron chi connectivity index (χ2n) is 4.85. The Morgan fingerprint density at radius 2 is 1.90 bits per heavy atom. The first-order valence-corrected chi connectivity index (χ1v) is 6.68. The number of phenols is 1. The summed E-state index contributed by atoms with van der Waals surface area (Å²) >= 11 is 0. The molecule has 1 amide bonds. The first-order valence-electron chi connectivity index (χ1n) is 6.68. The van der Waals surface area contributed by atoms with Gasteiger partial charge in [0.1, 0.15) is 11.6 Å². The van der Waals surface area contributed by atoms with E-state index in [1.165, 1.54) is 6.07 Å². The van der Waals surface area contributed by atoms with Gasteiger partial charge in [-0.2, -0.15) is 0 Å². The summed E-state index contributed by atoms with van der Waals surface area (Å²) in [5, 5.41) is 12.5. The quantitative estimate of drug-likeness (QED) is 0.690. The number of hydrogen-bond donors (Lipinski definition) is 3. The summed E-state index contributed by atoms with van der Waals surface area (Å²) in [6, 6.07) is 13.8. The maximum atomic E-state index is 12.2. The van der Waals surface area contributed by atoms with Gasteiger partial charge in [-0.25, -0.2) is 4.98 Å². The monoisotopic (exact) mass is 281 g/mol. The number of fused-ring (bicyclic) bond motifs is 1. The summed E-state index contributed by atoms with van der Waals surface area (Å²) < 4.78 is 0. The number of imidazole rings is 1. The average Bonchev–Trinajstić information content (AvgIpc) is 2.91. The third-order valence-corrected chi connectivity index (χ3v) is 3.31. The minimum atomic E-state index is -0.332. The van der Waals surface area contributed by atoms with Crippen molar-refractivity contribution in [3.8, 4) is 5.75 Å². The molecule has 0 saturated heterocycles. The molecule has 1 unspecified atom stereocenters. The Morgan fingerprint density at radius 1 is 1.19 bits per heavy atom. The molecule has 1 heterocycles. The number of phenolic OH excluding ortho intramolecular Hbond substituents is 1. The minimum Gasteiger partial charge on any atom is -0.507 e. The van der Waals surface area contributed by atoms with Crippen LogP contribution in [0.1, 0.15) is 29.1 Å². The van der Waals surface area contributed by atoms with Crippen LogP contribution >= 0.6 is 0 Å². The molecule has 0 bridgehead atoms. The van der Waals surface area contributed by atoms with Crippen molar-refractivity contribution in [2.24, 2.45) is 0 Å². The van der Waals surface area contributed by atoms with Crippen molar-refractivity contribution in [1.29, 1.82) is 0 Å². The van der Waals surface area contributed by atoms with Crippen LogP contribution in [0.15, 0.2) is 48.5 Å². The highest BCUT2D eigenvalue weighted by Crippen LogP contribution is 2.19. The predicted molar refractivity (Wildman–Crippen MR) is 80.1 cm³/mol. The van der Waals surface area contributed by atoms with Crippen molar-refractivity contribution in [2.45, 2.75) is 13.0 Å². The molecule has 5 heteroatoms. The first-order chi connectivity index (χ1) is 10.1. The molecule has 3 rings (SSSR count). The van der Waals surface area contributed by atoms with Gasteiger partial charge in [0.25, 0.3) is 5.91 Å². The van der Waals surface area contributed by atoms with Crippen LogP contribution in [0, 0.1) is 0 Å². The van der Waals surface area contributed by atoms with Crippen molar-refractivity contribution in [3.05, 3.63) is 59.9 Å². The number of rotatable bonds is 3. The third-order valence-electron chi connectivity index (χ3n) is 3.31. The third kappa shape index (κ3) is 2.58. The molecule has 0 aliphatic heterocycles. The Morgan fingerprint density at radius 3 is 2.67 bits per heavy atom. The fourth-order valence-electron chi connectivity index (χ4n) is 2.19. The van der Waals surface area contributed by atoms with Crippen molar-refractivity contribution in [2.75, 3.05) is 0 Å². The number of carbonyl (C=O) groups excluding carboxylic acids is 1. The molecule has 106 valence electrons. The van der Waals surface area contributed by atoms with Gasteiger partial charge in [-0.3, -0.25) is 4.79 Å². The molecule has 0 saturated carbocycles. The van der Waals surface area contributed by atoms with Gasteiger partial charge in [0.15, 0.2) is 0 Å². The molecule has 3 aromatic rings. The number of aromatic hydroxyl groups is 1. The van der Waals surface area contributed by atoms with E-state index in [0.29, 0.717) is 5.82 Å². The highest BCUT2D eigenvalue weighted by Gasteiger charge is 2.16. The van der Waals surface area contributed by atoms with Crippen LogP contribution in [0.2, 0.25) is 0 Å². The summed E-state index contributed by atoms with van der Waals surface area (Å²) in [6.07, 6.45) is 0. The van der Waals surface area contributed by atoms with E-state index in [-0.39, 0.29) is 23.3 Å². The predicted octanol–water partition coefficient (Wildman–Crippen LogP) is 2.76. The lowest BCUT2D eigenvalue weighted by atomic mass is 10.1. The summed E-state index contributed by atoms with van der Waals surface area (Å²) in [7, 11) is 0. The molecule has 21 heavy (non-hydrogen) atoms. The Balaban J connectivity index is 1.81. The number of amides is 1. The second-order valence-corrected chi connectivity index (χ2v) is 4.85. The van der Waals surface area contributed by atoms with Crippen molar-refractivity contribution < 1.29 is 9.90 Å². The Bertz CT molecular complexity index is 762. The lowest BCUT2D eigenvalue weighted by Crippen LogP contribution is -2.27. The Hall–Kier alpha value is -2.82. The zero-order valence-electron chi connectivity index (χ0n) is 11.5. The van der Waals surface area contributed by atoms with Gasteiger partial charge in [0.05, 0.1) is 22.6 Å². The second kappa shape index (κ2) is 5.28. The number of nitrogens with zero attached hydrogens (tertiary/aromatic N) is 1. The van der Waals surface area contributed by atoms with Crippen molar-refractivity contribution >= 4 is 16.9 Å². The zero-order chi connectivity index (χ0) is 14.8. The van der Waals surface area contributed by atoms with Crippen LogP contribution in [-0.4, -0.2) is 21.0 Å². The molecule has 0 aliphatic rings. The molecule has 2 aromatic carbocycles. The van der Waals surface area contributed by atoms with Crippen LogP contribution < -0.4 is 5.32 Å². The SMILES string of the molecule is CC(NC(=O)c1ccccc1O)c1nc2ccccc2[nH]1. The summed E-state index contributed by atoms with van der Waals surface area (Å²) in [6.45, 7) is 1.84. The number of aromatic nitrogens is 2. The van der Waals surface area contributed by atoms with E-state index < -0.39 is 0 Å². The number of para-hydroxylation sites is 3. The number of benzene rings is 2. The zero-order valence-corrected chi connectivity index (χ0v) is 11.5. The van der Waals surface area contributed by atoms with Crippen LogP contribution in [0.25, 0.3) is 11.0 Å². The molecule has 0 radical (unpaired) electrons. The highest BCUT2D eigenvalue weighted by molar-refractivity contribution is 5.97. The van der Waals surface area contributed by atoms with Crippen LogP contribution in [0.5, 0.6) is 5.75 Å². The van der Waals surface area contributed by atoms with Crippen molar-refractivity contribution in [1.82, 2.24) is 15.3 Å². The van der Waals surface area contributed by atoms with Gasteiger partial charge >= 0.3 is 0 Å². The van der Waals surface area contributed by atoms with Crippen LogP contribution in [0.4, 0.5) is 0 Å². The van der Waals surface area contributed by atoms with Gasteiger partial charge in [0, 0.05) is 0 Å². The smallest absolute Gasteiger partial charge is 0.255 e. The maximum absolute atomic E-state index is 12.2. The van der Waals surface area contributed by atoms with E-state index in [0.717, 1.165) is 11.0 Å². The molecule has 1 atom stereocenters. The van der Waals surface area contributed by atoms with E-state index in [4.69, 9.17) is 0 Å². The van der Waals surface area contributed by atoms with Gasteiger partial charge < -0.3 is 15.4 Å². The standard InChI is InChI=1S/C16H15N3O2/c1-10(15-18-12-7-3-4-8-13(12)19-15)17-16(21)11-6-2-5-9-14(11)20/h2-10,20H,1H3,(H,17,21)(H,18,19). The number of H-pyrrole nitrogens is 1. The van der Waals surface area contributed by atoms with E-state index in [1.807, 2.05) is 31.2 Å². The molecule has 3 N–H and O–H groups in total. The molecule has 0 aliphatic carbocycles. The maximum Gasteiger partial charge on any atom is 0.255 e. The Labute approximate surface area is 121 Å². The largest absolute Gasteiger partial charge is 0.507 e. The van der Waals surface area contributed by atoms with Crippen LogP contribution in [-0.2, 0) is 0 Å². The van der Waals surface area contributed by atoms with Crippen molar-refractivity contribution in [3.63, 3.8) is 0 Å². The fourth-order valence-corrected chi connectivity index (χ4v) is 2.19. The van der Waals surface area contributed by atoms with Crippen LogP contribution in [0.3, 0.4) is 0 Å². The normalized spacial score (nSPS) is 12.2. The van der Waals surface area contributed by atoms with E-state index in [1.54, 1.807) is 18.2 Å². The molecule has 1 aromatic heterocycles. The topological polar surface area (TPSA) is 78.0 Å². The minimum absolute atomic E-state index is 0.0354. The van der Waals surface area contributed by atoms with Gasteiger partial charge in [-0.15, -0.1) is 0 Å². The first kappa shape index (κ1) is 13.2. The Kier molecular flexibility index (Phi) is 3.31. The number of nitrogens with one attached hydrogen (secondary N) is 2. The molecule has 0 spiro atoms. The lowest BCUT2D eigenvalue weighted by Gasteiger charge is -2.12. The van der Waals surface area contributed by atoms with E-state index >= 15 is 0 Å². The molecular weight excluding hydrogens is 266 g/mol. The fraction of sp³-hybridized carbons (Fsp3) is 0.125. The number of carbonyl (C=O) groups is 1. The molecule has 5 nitrogen and oxygen atoms in total. The lowest BCUT2D eigenvalue weighted by molar-refractivity contribution is 0.0936. The number of aromatic amines is 1. The molecule has 0 fully saturated rings. The van der Waals surface area contributed by atoms with Gasteiger partial charge in [-0.05, 0) is 31.2 Å².